The molecular formula is C10H14O. The van der Waals surface area contributed by atoms with E-state index in [4.69, 9.17) is 0 Å². The van der Waals surface area contributed by atoms with Gasteiger partial charge >= 0.3 is 0 Å². The summed E-state index contributed by atoms with van der Waals surface area (Å²) in [7, 11) is 0. The van der Waals surface area contributed by atoms with Gasteiger partial charge in [0.15, 0.2) is 0 Å². The maximum atomic E-state index is 10.7. The van der Waals surface area contributed by atoms with E-state index in [0.29, 0.717) is 11.3 Å². The van der Waals surface area contributed by atoms with Crippen molar-refractivity contribution in [3.8, 4) is 0 Å². The standard InChI is InChI=1S/C10H14O/c1-6-4-8-9(7(6)5-11)10(8,2)3/h5,8-9H,4H2,1-3H3/t8?,9-/m1/s1. The van der Waals surface area contributed by atoms with Crippen LogP contribution < -0.4 is 0 Å². The molecule has 2 aliphatic carbocycles. The summed E-state index contributed by atoms with van der Waals surface area (Å²) in [6.45, 7) is 6.61. The molecule has 1 heteroatoms. The number of carbonyl (C=O) groups is 1. The highest BCUT2D eigenvalue weighted by molar-refractivity contribution is 5.78. The first-order valence-electron chi connectivity index (χ1n) is 4.24. The molecule has 1 nitrogen and oxygen atoms in total. The van der Waals surface area contributed by atoms with Crippen LogP contribution in [0.4, 0.5) is 0 Å². The van der Waals surface area contributed by atoms with Crippen LogP contribution in [0.3, 0.4) is 0 Å². The number of hydrogen-bond donors (Lipinski definition) is 0. The summed E-state index contributed by atoms with van der Waals surface area (Å²) in [5.74, 6) is 1.38. The number of allylic oxidation sites excluding steroid dienone is 2. The fourth-order valence-electron chi connectivity index (χ4n) is 2.63. The van der Waals surface area contributed by atoms with E-state index < -0.39 is 0 Å². The Hall–Kier alpha value is -0.590. The average Bonchev–Trinajstić information content (AvgIpc) is 2.38. The second-order valence-electron chi connectivity index (χ2n) is 4.46. The Bertz CT molecular complexity index is 248. The summed E-state index contributed by atoms with van der Waals surface area (Å²) in [6.07, 6.45) is 2.22. The Kier molecular flexibility index (Phi) is 1.14. The lowest BCUT2D eigenvalue weighted by molar-refractivity contribution is -0.105. The van der Waals surface area contributed by atoms with Gasteiger partial charge < -0.3 is 0 Å². The van der Waals surface area contributed by atoms with Crippen LogP contribution in [0.1, 0.15) is 27.2 Å². The largest absolute Gasteiger partial charge is 0.298 e. The van der Waals surface area contributed by atoms with E-state index in [1.54, 1.807) is 0 Å². The quantitative estimate of drug-likeness (QED) is 0.523. The van der Waals surface area contributed by atoms with Gasteiger partial charge in [-0.15, -0.1) is 0 Å². The van der Waals surface area contributed by atoms with E-state index in [1.165, 1.54) is 5.57 Å². The third kappa shape index (κ3) is 0.688. The summed E-state index contributed by atoms with van der Waals surface area (Å²) < 4.78 is 0. The van der Waals surface area contributed by atoms with Crippen molar-refractivity contribution in [2.24, 2.45) is 17.3 Å². The highest BCUT2D eigenvalue weighted by Gasteiger charge is 2.62. The number of fused-ring (bicyclic) bond motifs is 1. The monoisotopic (exact) mass is 150 g/mol. The highest BCUT2D eigenvalue weighted by Crippen LogP contribution is 2.67. The van der Waals surface area contributed by atoms with Gasteiger partial charge in [-0.3, -0.25) is 4.79 Å². The van der Waals surface area contributed by atoms with Crippen LogP contribution in [-0.2, 0) is 4.79 Å². The average molecular weight is 150 g/mol. The lowest BCUT2D eigenvalue weighted by atomic mass is 9.96. The third-order valence-electron chi connectivity index (χ3n) is 3.53. The smallest absolute Gasteiger partial charge is 0.146 e. The summed E-state index contributed by atoms with van der Waals surface area (Å²) in [4.78, 5) is 10.7. The van der Waals surface area contributed by atoms with Crippen molar-refractivity contribution in [2.45, 2.75) is 27.2 Å². The van der Waals surface area contributed by atoms with Gasteiger partial charge in [0.25, 0.3) is 0 Å². The molecule has 0 N–H and O–H groups in total. The minimum absolute atomic E-state index is 0.426. The van der Waals surface area contributed by atoms with Gasteiger partial charge in [0.05, 0.1) is 0 Å². The van der Waals surface area contributed by atoms with Crippen LogP contribution in [0.2, 0.25) is 0 Å². The van der Waals surface area contributed by atoms with E-state index in [2.05, 4.69) is 20.8 Å². The molecule has 0 heterocycles. The zero-order valence-corrected chi connectivity index (χ0v) is 7.35. The van der Waals surface area contributed by atoms with Crippen molar-refractivity contribution < 1.29 is 4.79 Å². The molecule has 0 amide bonds. The number of rotatable bonds is 1. The van der Waals surface area contributed by atoms with Gasteiger partial charge in [-0.25, -0.2) is 0 Å². The minimum atomic E-state index is 0.426. The van der Waals surface area contributed by atoms with E-state index >= 15 is 0 Å². The summed E-state index contributed by atoms with van der Waals surface area (Å²) in [6, 6.07) is 0. The van der Waals surface area contributed by atoms with E-state index in [-0.39, 0.29) is 0 Å². The van der Waals surface area contributed by atoms with Crippen LogP contribution in [0, 0.1) is 17.3 Å². The molecule has 0 aromatic rings. The predicted molar refractivity (Wildman–Crippen MR) is 44.1 cm³/mol. The van der Waals surface area contributed by atoms with Crippen molar-refractivity contribution in [2.75, 3.05) is 0 Å². The third-order valence-corrected chi connectivity index (χ3v) is 3.53. The molecule has 0 spiro atoms. The van der Waals surface area contributed by atoms with Crippen molar-refractivity contribution in [3.05, 3.63) is 11.1 Å². The Morgan fingerprint density at radius 3 is 2.55 bits per heavy atom. The van der Waals surface area contributed by atoms with Crippen LogP contribution in [0.15, 0.2) is 11.1 Å². The molecule has 2 rings (SSSR count). The molecule has 1 unspecified atom stereocenters. The molecule has 0 radical (unpaired) electrons. The second kappa shape index (κ2) is 1.77. The fourth-order valence-corrected chi connectivity index (χ4v) is 2.63. The van der Waals surface area contributed by atoms with Crippen LogP contribution in [-0.4, -0.2) is 6.29 Å². The number of aldehydes is 1. The summed E-state index contributed by atoms with van der Waals surface area (Å²) in [5.41, 5.74) is 2.85. The minimum Gasteiger partial charge on any atom is -0.298 e. The first-order valence-corrected chi connectivity index (χ1v) is 4.24. The van der Waals surface area contributed by atoms with Gasteiger partial charge in [0.1, 0.15) is 6.29 Å². The van der Waals surface area contributed by atoms with Gasteiger partial charge in [-0.05, 0) is 36.2 Å². The summed E-state index contributed by atoms with van der Waals surface area (Å²) >= 11 is 0. The maximum Gasteiger partial charge on any atom is 0.146 e. The van der Waals surface area contributed by atoms with Gasteiger partial charge in [0, 0.05) is 0 Å². The van der Waals surface area contributed by atoms with Gasteiger partial charge in [-0.2, -0.15) is 0 Å². The Morgan fingerprint density at radius 2 is 2.18 bits per heavy atom. The molecule has 0 saturated heterocycles. The van der Waals surface area contributed by atoms with Crippen LogP contribution >= 0.6 is 0 Å². The van der Waals surface area contributed by atoms with Crippen LogP contribution in [0.5, 0.6) is 0 Å². The van der Waals surface area contributed by atoms with Crippen molar-refractivity contribution in [1.82, 2.24) is 0 Å². The lowest BCUT2D eigenvalue weighted by Crippen LogP contribution is -2.00. The zero-order valence-electron chi connectivity index (χ0n) is 7.35. The Morgan fingerprint density at radius 1 is 1.55 bits per heavy atom. The SMILES string of the molecule is CC1=C(C=O)[C@@H]2C(C1)C2(C)C. The van der Waals surface area contributed by atoms with Crippen molar-refractivity contribution in [3.63, 3.8) is 0 Å². The highest BCUT2D eigenvalue weighted by atomic mass is 16.1. The van der Waals surface area contributed by atoms with E-state index in [1.807, 2.05) is 0 Å². The zero-order chi connectivity index (χ0) is 8.22. The normalized spacial score (nSPS) is 38.8. The molecule has 1 fully saturated rings. The van der Waals surface area contributed by atoms with E-state index in [0.717, 1.165) is 24.2 Å². The Labute approximate surface area is 67.5 Å². The van der Waals surface area contributed by atoms with E-state index in [9.17, 15) is 4.79 Å². The topological polar surface area (TPSA) is 17.1 Å². The molecule has 1 saturated carbocycles. The molecule has 0 aromatic heterocycles. The fraction of sp³-hybridized carbons (Fsp3) is 0.700. The predicted octanol–water partition coefficient (Wildman–Crippen LogP) is 2.18. The van der Waals surface area contributed by atoms with Gasteiger partial charge in [-0.1, -0.05) is 19.4 Å². The lowest BCUT2D eigenvalue weighted by Gasteiger charge is -2.08. The molecule has 2 aliphatic rings. The van der Waals surface area contributed by atoms with Crippen molar-refractivity contribution >= 4 is 6.29 Å². The molecular weight excluding hydrogens is 136 g/mol. The molecule has 0 aliphatic heterocycles. The maximum absolute atomic E-state index is 10.7. The second-order valence-corrected chi connectivity index (χ2v) is 4.46. The Balaban J connectivity index is 2.31. The van der Waals surface area contributed by atoms with Crippen molar-refractivity contribution in [1.29, 1.82) is 0 Å². The number of carbonyl (C=O) groups excluding carboxylic acids is 1. The first-order chi connectivity index (χ1) is 5.09. The molecule has 60 valence electrons. The number of hydrogen-bond acceptors (Lipinski definition) is 1. The molecule has 0 aromatic carbocycles. The van der Waals surface area contributed by atoms with Gasteiger partial charge in [0.2, 0.25) is 0 Å². The first kappa shape index (κ1) is 7.08. The molecule has 2 atom stereocenters. The molecule has 0 bridgehead atoms. The van der Waals surface area contributed by atoms with Crippen LogP contribution in [0.25, 0.3) is 0 Å². The molecule has 11 heavy (non-hydrogen) atoms. The summed E-state index contributed by atoms with van der Waals surface area (Å²) in [5, 5.41) is 0.